The molecule has 3 rings (SSSR count). The number of anilines is 1. The van der Waals surface area contributed by atoms with Crippen LogP contribution >= 0.6 is 0 Å². The summed E-state index contributed by atoms with van der Waals surface area (Å²) in [7, 11) is -3.60. The molecule has 1 heterocycles. The van der Waals surface area contributed by atoms with Crippen LogP contribution in [0.3, 0.4) is 0 Å². The van der Waals surface area contributed by atoms with Crippen LogP contribution in [0, 0.1) is 0 Å². The zero-order chi connectivity index (χ0) is 18.6. The summed E-state index contributed by atoms with van der Waals surface area (Å²) in [5.41, 5.74) is 0.409. The molecule has 1 fully saturated rings. The van der Waals surface area contributed by atoms with Crippen LogP contribution in [0.4, 0.5) is 5.69 Å². The Balaban J connectivity index is 1.75. The third-order valence-electron chi connectivity index (χ3n) is 4.85. The van der Waals surface area contributed by atoms with Crippen LogP contribution in [0.5, 0.6) is 11.5 Å². The van der Waals surface area contributed by atoms with Gasteiger partial charge in [0, 0.05) is 12.1 Å². The van der Waals surface area contributed by atoms with Gasteiger partial charge >= 0.3 is 0 Å². The van der Waals surface area contributed by atoms with Crippen LogP contribution in [0.1, 0.15) is 45.4 Å². The Labute approximate surface area is 154 Å². The van der Waals surface area contributed by atoms with E-state index in [4.69, 9.17) is 9.47 Å². The van der Waals surface area contributed by atoms with Gasteiger partial charge in [-0.3, -0.25) is 9.10 Å². The number of ether oxygens (including phenoxy) is 2. The molecular formula is C18H26N2O5S. The first kappa shape index (κ1) is 18.8. The maximum absolute atomic E-state index is 12.6. The number of hydrogen-bond acceptors (Lipinski definition) is 5. The van der Waals surface area contributed by atoms with Crippen molar-refractivity contribution in [2.45, 2.75) is 51.5 Å². The number of carbonyl (C=O) groups excluding carboxylic acids is 1. The van der Waals surface area contributed by atoms with E-state index in [1.165, 1.54) is 12.8 Å². The van der Waals surface area contributed by atoms with Crippen LogP contribution in [0.15, 0.2) is 18.2 Å². The lowest BCUT2D eigenvalue weighted by Gasteiger charge is -2.25. The van der Waals surface area contributed by atoms with E-state index < -0.39 is 10.0 Å². The fourth-order valence-corrected chi connectivity index (χ4v) is 4.43. The first-order chi connectivity index (χ1) is 12.5. The van der Waals surface area contributed by atoms with Crippen molar-refractivity contribution in [1.29, 1.82) is 0 Å². The van der Waals surface area contributed by atoms with Gasteiger partial charge in [0.25, 0.3) is 0 Å². The Kier molecular flexibility index (Phi) is 5.90. The highest BCUT2D eigenvalue weighted by molar-refractivity contribution is 7.92. The van der Waals surface area contributed by atoms with Gasteiger partial charge in [0.05, 0.1) is 11.4 Å². The van der Waals surface area contributed by atoms with Crippen molar-refractivity contribution in [1.82, 2.24) is 5.32 Å². The summed E-state index contributed by atoms with van der Waals surface area (Å²) in [5.74, 6) is 0.707. The summed E-state index contributed by atoms with van der Waals surface area (Å²) in [5, 5.41) is 3.01. The molecule has 1 saturated carbocycles. The third-order valence-corrected chi connectivity index (χ3v) is 6.59. The molecule has 1 aromatic rings. The zero-order valence-electron chi connectivity index (χ0n) is 15.1. The summed E-state index contributed by atoms with van der Waals surface area (Å²) in [6, 6.07) is 5.04. The van der Waals surface area contributed by atoms with E-state index in [1.807, 2.05) is 0 Å². The Hall–Kier alpha value is -1.96. The van der Waals surface area contributed by atoms with Crippen LogP contribution in [-0.4, -0.2) is 39.5 Å². The van der Waals surface area contributed by atoms with E-state index in [-0.39, 0.29) is 31.0 Å². The van der Waals surface area contributed by atoms with Gasteiger partial charge in [-0.2, -0.15) is 0 Å². The first-order valence-corrected chi connectivity index (χ1v) is 10.8. The normalized spacial score (nSPS) is 17.6. The molecule has 2 aliphatic rings. The molecule has 0 atom stereocenters. The van der Waals surface area contributed by atoms with Gasteiger partial charge in [-0.05, 0) is 31.9 Å². The number of nitrogens with zero attached hydrogens (tertiary/aromatic N) is 1. The summed E-state index contributed by atoms with van der Waals surface area (Å²) < 4.78 is 36.9. The van der Waals surface area contributed by atoms with E-state index in [0.717, 1.165) is 30.0 Å². The Morgan fingerprint density at radius 3 is 2.54 bits per heavy atom. The topological polar surface area (TPSA) is 84.9 Å². The third kappa shape index (κ3) is 4.41. The molecule has 7 nitrogen and oxygen atoms in total. The number of rotatable bonds is 6. The quantitative estimate of drug-likeness (QED) is 0.764. The molecule has 1 aliphatic heterocycles. The number of hydrogen-bond donors (Lipinski definition) is 1. The number of amides is 1. The highest BCUT2D eigenvalue weighted by Gasteiger charge is 2.26. The lowest BCUT2D eigenvalue weighted by molar-refractivity contribution is -0.120. The maximum atomic E-state index is 12.6. The van der Waals surface area contributed by atoms with Crippen molar-refractivity contribution in [3.05, 3.63) is 18.2 Å². The second kappa shape index (κ2) is 8.16. The maximum Gasteiger partial charge on any atom is 0.240 e. The van der Waals surface area contributed by atoms with E-state index in [2.05, 4.69) is 5.32 Å². The van der Waals surface area contributed by atoms with Gasteiger partial charge in [-0.1, -0.05) is 25.7 Å². The molecule has 1 aromatic carbocycles. The molecule has 1 N–H and O–H groups in total. The molecular weight excluding hydrogens is 356 g/mol. The zero-order valence-corrected chi connectivity index (χ0v) is 15.9. The van der Waals surface area contributed by atoms with E-state index in [0.29, 0.717) is 17.2 Å². The lowest BCUT2D eigenvalue weighted by Crippen LogP contribution is -2.44. The van der Waals surface area contributed by atoms with E-state index >= 15 is 0 Å². The van der Waals surface area contributed by atoms with Crippen LogP contribution in [0.25, 0.3) is 0 Å². The lowest BCUT2D eigenvalue weighted by atomic mass is 10.1. The summed E-state index contributed by atoms with van der Waals surface area (Å²) in [6.07, 6.45) is 6.50. The smallest absolute Gasteiger partial charge is 0.240 e. The second-order valence-corrected chi connectivity index (χ2v) is 8.88. The Bertz CT molecular complexity index is 742. The monoisotopic (exact) mass is 382 g/mol. The predicted octanol–water partition coefficient (Wildman–Crippen LogP) is 2.41. The molecule has 1 aliphatic carbocycles. The van der Waals surface area contributed by atoms with Gasteiger partial charge in [0.15, 0.2) is 11.5 Å². The molecule has 144 valence electrons. The second-order valence-electron chi connectivity index (χ2n) is 6.70. The molecule has 0 bridgehead atoms. The molecule has 0 spiro atoms. The molecule has 1 amide bonds. The average Bonchev–Trinajstić information content (AvgIpc) is 2.95. The van der Waals surface area contributed by atoms with Crippen molar-refractivity contribution in [2.24, 2.45) is 0 Å². The van der Waals surface area contributed by atoms with Crippen molar-refractivity contribution in [3.63, 3.8) is 0 Å². The van der Waals surface area contributed by atoms with Crippen molar-refractivity contribution in [2.75, 3.05) is 23.4 Å². The number of fused-ring (bicyclic) bond motifs is 1. The first-order valence-electron chi connectivity index (χ1n) is 9.19. The number of sulfonamides is 1. The van der Waals surface area contributed by atoms with Gasteiger partial charge in [-0.25, -0.2) is 8.42 Å². The minimum Gasteiger partial charge on any atom is -0.454 e. The standard InChI is InChI=1S/C18H26N2O5S/c1-2-26(22,23)20(15-9-10-16-17(11-15)25-13-24-16)12-18(21)19-14-7-5-3-4-6-8-14/h9-11,14H,2-8,12-13H2,1H3,(H,19,21). The van der Waals surface area contributed by atoms with Crippen LogP contribution in [0.2, 0.25) is 0 Å². The van der Waals surface area contributed by atoms with Gasteiger partial charge in [0.1, 0.15) is 6.54 Å². The predicted molar refractivity (Wildman–Crippen MR) is 99.0 cm³/mol. The summed E-state index contributed by atoms with van der Waals surface area (Å²) >= 11 is 0. The minimum absolute atomic E-state index is 0.0852. The Morgan fingerprint density at radius 2 is 1.85 bits per heavy atom. The minimum atomic E-state index is -3.60. The number of carbonyl (C=O) groups is 1. The summed E-state index contributed by atoms with van der Waals surface area (Å²) in [6.45, 7) is 1.45. The van der Waals surface area contributed by atoms with Gasteiger partial charge < -0.3 is 14.8 Å². The van der Waals surface area contributed by atoms with Crippen LogP contribution < -0.4 is 19.1 Å². The van der Waals surface area contributed by atoms with Crippen molar-refractivity contribution in [3.8, 4) is 11.5 Å². The Morgan fingerprint density at radius 1 is 1.15 bits per heavy atom. The van der Waals surface area contributed by atoms with Crippen LogP contribution in [-0.2, 0) is 14.8 Å². The SMILES string of the molecule is CCS(=O)(=O)N(CC(=O)NC1CCCCCC1)c1ccc2c(c1)OCO2. The molecule has 0 saturated heterocycles. The highest BCUT2D eigenvalue weighted by atomic mass is 32.2. The molecule has 8 heteroatoms. The number of nitrogens with one attached hydrogen (secondary N) is 1. The molecule has 26 heavy (non-hydrogen) atoms. The largest absolute Gasteiger partial charge is 0.454 e. The highest BCUT2D eigenvalue weighted by Crippen LogP contribution is 2.36. The van der Waals surface area contributed by atoms with E-state index in [1.54, 1.807) is 25.1 Å². The van der Waals surface area contributed by atoms with E-state index in [9.17, 15) is 13.2 Å². The fraction of sp³-hybridized carbons (Fsp3) is 0.611. The van der Waals surface area contributed by atoms with Gasteiger partial charge in [0.2, 0.25) is 22.7 Å². The fourth-order valence-electron chi connectivity index (χ4n) is 3.37. The average molecular weight is 382 g/mol. The number of benzene rings is 1. The molecule has 0 radical (unpaired) electrons. The van der Waals surface area contributed by atoms with Crippen molar-refractivity contribution >= 4 is 21.6 Å². The molecule has 0 aromatic heterocycles. The van der Waals surface area contributed by atoms with Crippen molar-refractivity contribution < 1.29 is 22.7 Å². The molecule has 0 unspecified atom stereocenters. The summed E-state index contributed by atoms with van der Waals surface area (Å²) in [4.78, 5) is 12.5. The van der Waals surface area contributed by atoms with Gasteiger partial charge in [-0.15, -0.1) is 0 Å².